The number of esters is 1. The van der Waals surface area contributed by atoms with Crippen molar-refractivity contribution < 1.29 is 34.8 Å². The molecule has 4 aliphatic rings. The second-order valence-electron chi connectivity index (χ2n) is 6.63. The topological polar surface area (TPSA) is 124 Å². The third kappa shape index (κ3) is 2.23. The van der Waals surface area contributed by atoms with E-state index >= 15 is 0 Å². The van der Waals surface area contributed by atoms with Crippen LogP contribution in [0.1, 0.15) is 11.5 Å². The van der Waals surface area contributed by atoms with Gasteiger partial charge in [0.2, 0.25) is 0 Å². The number of aliphatic hydroxyl groups excluding tert-OH is 1. The molecule has 1 aliphatic heterocycles. The number of hydrogen-bond acceptors (Lipinski definition) is 6. The quantitative estimate of drug-likeness (QED) is 0.365. The van der Waals surface area contributed by atoms with Crippen LogP contribution in [0.3, 0.4) is 0 Å². The van der Waals surface area contributed by atoms with Crippen molar-refractivity contribution in [3.8, 4) is 11.5 Å². The molecule has 25 heavy (non-hydrogen) atoms. The zero-order chi connectivity index (χ0) is 17.9. The summed E-state index contributed by atoms with van der Waals surface area (Å²) in [6, 6.07) is 4.33. The van der Waals surface area contributed by atoms with Crippen LogP contribution in [-0.2, 0) is 14.3 Å². The summed E-state index contributed by atoms with van der Waals surface area (Å²) in [7, 11) is 0. The number of allylic oxidation sites excluding steroid dienone is 1. The number of carboxylic acids is 1. The number of carboxylic acid groups (broad SMARTS) is 1. The number of aliphatic carboxylic acids is 1. The smallest absolute Gasteiger partial charge is 0.328 e. The number of phenolic OH excluding ortho intramolecular Hbond substituents is 2. The van der Waals surface area contributed by atoms with Crippen molar-refractivity contribution >= 4 is 11.9 Å². The SMILES string of the molecule is O=C(O)C=CC1=CC2C(O)C3OC(=O)C(C13)C2c1ccc(O)c(O)c1. The van der Waals surface area contributed by atoms with Gasteiger partial charge in [-0.1, -0.05) is 18.2 Å². The lowest BCUT2D eigenvalue weighted by Gasteiger charge is -2.46. The fourth-order valence-corrected chi connectivity index (χ4v) is 4.40. The fourth-order valence-electron chi connectivity index (χ4n) is 4.40. The van der Waals surface area contributed by atoms with Gasteiger partial charge in [-0.25, -0.2) is 4.79 Å². The van der Waals surface area contributed by atoms with Gasteiger partial charge >= 0.3 is 11.9 Å². The van der Waals surface area contributed by atoms with Gasteiger partial charge in [-0.15, -0.1) is 0 Å². The second kappa shape index (κ2) is 5.35. The average Bonchev–Trinajstić information content (AvgIpc) is 2.88. The lowest BCUT2D eigenvalue weighted by atomic mass is 9.56. The van der Waals surface area contributed by atoms with Gasteiger partial charge in [0.15, 0.2) is 11.5 Å². The van der Waals surface area contributed by atoms with Gasteiger partial charge in [0.05, 0.1) is 12.0 Å². The van der Waals surface area contributed by atoms with Crippen LogP contribution < -0.4 is 0 Å². The number of benzene rings is 1. The lowest BCUT2D eigenvalue weighted by Crippen LogP contribution is -2.51. The summed E-state index contributed by atoms with van der Waals surface area (Å²) in [6.45, 7) is 0. The van der Waals surface area contributed by atoms with Gasteiger partial charge in [-0.2, -0.15) is 0 Å². The van der Waals surface area contributed by atoms with Gasteiger partial charge < -0.3 is 25.2 Å². The van der Waals surface area contributed by atoms with E-state index in [2.05, 4.69) is 0 Å². The molecule has 6 unspecified atom stereocenters. The van der Waals surface area contributed by atoms with Crippen LogP contribution in [-0.4, -0.2) is 44.6 Å². The molecule has 1 aromatic rings. The summed E-state index contributed by atoms with van der Waals surface area (Å²) in [5.41, 5.74) is 1.28. The van der Waals surface area contributed by atoms with Crippen molar-refractivity contribution in [1.29, 1.82) is 0 Å². The van der Waals surface area contributed by atoms with Crippen molar-refractivity contribution in [2.45, 2.75) is 18.1 Å². The van der Waals surface area contributed by atoms with E-state index in [1.807, 2.05) is 0 Å². The standard InChI is InChI=1S/C18H16O7/c19-10-3-1-8(6-11(10)20)13-9-5-7(2-4-12(21)22)14-15(13)18(24)25-17(14)16(9)23/h1-6,9,13-17,19-20,23H,(H,21,22). The molecule has 130 valence electrons. The average molecular weight is 344 g/mol. The number of ether oxygens (including phenoxy) is 1. The Balaban J connectivity index is 1.81. The zero-order valence-electron chi connectivity index (χ0n) is 12.9. The van der Waals surface area contributed by atoms with Crippen molar-refractivity contribution in [3.63, 3.8) is 0 Å². The molecule has 4 N–H and O–H groups in total. The molecule has 5 rings (SSSR count). The Morgan fingerprint density at radius 1 is 1.12 bits per heavy atom. The van der Waals surface area contributed by atoms with E-state index < -0.39 is 47.8 Å². The Morgan fingerprint density at radius 3 is 2.56 bits per heavy atom. The maximum atomic E-state index is 12.4. The molecule has 1 heterocycles. The van der Waals surface area contributed by atoms with Gasteiger partial charge in [0.1, 0.15) is 6.10 Å². The highest BCUT2D eigenvalue weighted by Crippen LogP contribution is 2.58. The third-order valence-corrected chi connectivity index (χ3v) is 5.37. The summed E-state index contributed by atoms with van der Waals surface area (Å²) in [5, 5.41) is 38.7. The van der Waals surface area contributed by atoms with Gasteiger partial charge in [0, 0.05) is 23.8 Å². The van der Waals surface area contributed by atoms with E-state index in [9.17, 15) is 24.9 Å². The molecule has 7 heteroatoms. The maximum Gasteiger partial charge on any atom is 0.328 e. The number of aliphatic hydroxyl groups is 1. The fraction of sp³-hybridized carbons (Fsp3) is 0.333. The third-order valence-electron chi connectivity index (χ3n) is 5.37. The number of phenols is 2. The van der Waals surface area contributed by atoms with Crippen LogP contribution >= 0.6 is 0 Å². The van der Waals surface area contributed by atoms with Crippen molar-refractivity contribution in [1.82, 2.24) is 0 Å². The highest BCUT2D eigenvalue weighted by atomic mass is 16.6. The Kier molecular flexibility index (Phi) is 3.36. The Labute approximate surface area is 142 Å². The summed E-state index contributed by atoms with van der Waals surface area (Å²) in [6.07, 6.45) is 2.62. The van der Waals surface area contributed by atoms with E-state index in [-0.39, 0.29) is 11.5 Å². The molecular weight excluding hydrogens is 328 g/mol. The summed E-state index contributed by atoms with van der Waals surface area (Å²) >= 11 is 0. The Bertz CT molecular complexity index is 825. The van der Waals surface area contributed by atoms with E-state index in [0.29, 0.717) is 11.1 Å². The van der Waals surface area contributed by atoms with Crippen LogP contribution in [0.2, 0.25) is 0 Å². The number of hydrogen-bond donors (Lipinski definition) is 4. The molecule has 3 aliphatic carbocycles. The summed E-state index contributed by atoms with van der Waals surface area (Å²) in [4.78, 5) is 23.2. The van der Waals surface area contributed by atoms with Crippen molar-refractivity contribution in [2.24, 2.45) is 17.8 Å². The molecule has 0 aromatic heterocycles. The summed E-state index contributed by atoms with van der Waals surface area (Å²) in [5.74, 6) is -3.98. The first-order chi connectivity index (χ1) is 11.9. The minimum atomic E-state index is -1.09. The van der Waals surface area contributed by atoms with Gasteiger partial charge in [-0.05, 0) is 23.3 Å². The number of aromatic hydroxyl groups is 2. The minimum absolute atomic E-state index is 0.266. The Hall–Kier alpha value is -2.80. The normalized spacial score (nSPS) is 35.7. The molecule has 0 spiro atoms. The first-order valence-corrected chi connectivity index (χ1v) is 7.91. The molecule has 4 bridgehead atoms. The van der Waals surface area contributed by atoms with Gasteiger partial charge in [-0.3, -0.25) is 4.79 Å². The lowest BCUT2D eigenvalue weighted by molar-refractivity contribution is -0.146. The molecule has 1 saturated carbocycles. The van der Waals surface area contributed by atoms with Crippen LogP contribution in [0.25, 0.3) is 0 Å². The van der Waals surface area contributed by atoms with Crippen LogP contribution in [0, 0.1) is 17.8 Å². The molecule has 7 nitrogen and oxygen atoms in total. The highest BCUT2D eigenvalue weighted by Gasteiger charge is 2.63. The highest BCUT2D eigenvalue weighted by molar-refractivity contribution is 5.82. The number of carbonyl (C=O) groups excluding carboxylic acids is 1. The predicted octanol–water partition coefficient (Wildman–Crippen LogP) is 0.911. The first kappa shape index (κ1) is 15.7. The van der Waals surface area contributed by atoms with Gasteiger partial charge in [0.25, 0.3) is 0 Å². The number of carbonyl (C=O) groups is 2. The molecule has 0 radical (unpaired) electrons. The summed E-state index contributed by atoms with van der Waals surface area (Å²) < 4.78 is 5.35. The van der Waals surface area contributed by atoms with E-state index in [4.69, 9.17) is 9.84 Å². The van der Waals surface area contributed by atoms with E-state index in [1.54, 1.807) is 12.1 Å². The van der Waals surface area contributed by atoms with Crippen molar-refractivity contribution in [3.05, 3.63) is 47.6 Å². The number of rotatable bonds is 3. The first-order valence-electron chi connectivity index (χ1n) is 7.91. The molecule has 2 fully saturated rings. The van der Waals surface area contributed by atoms with E-state index in [0.717, 1.165) is 6.08 Å². The molecular formula is C18H16O7. The zero-order valence-corrected chi connectivity index (χ0v) is 12.9. The molecule has 1 aromatic carbocycles. The van der Waals surface area contributed by atoms with Crippen LogP contribution in [0.4, 0.5) is 0 Å². The largest absolute Gasteiger partial charge is 0.504 e. The molecule has 1 saturated heterocycles. The second-order valence-corrected chi connectivity index (χ2v) is 6.63. The monoisotopic (exact) mass is 344 g/mol. The minimum Gasteiger partial charge on any atom is -0.504 e. The van der Waals surface area contributed by atoms with Crippen LogP contribution in [0.15, 0.2) is 42.0 Å². The van der Waals surface area contributed by atoms with Crippen LogP contribution in [0.5, 0.6) is 11.5 Å². The van der Waals surface area contributed by atoms with E-state index in [1.165, 1.54) is 18.2 Å². The predicted molar refractivity (Wildman–Crippen MR) is 83.7 cm³/mol. The molecule has 6 atom stereocenters. The van der Waals surface area contributed by atoms with Crippen molar-refractivity contribution in [2.75, 3.05) is 0 Å². The molecule has 0 amide bonds. The Morgan fingerprint density at radius 2 is 1.88 bits per heavy atom. The maximum absolute atomic E-state index is 12.4.